The molecule has 692 valence electrons. The van der Waals surface area contributed by atoms with Crippen molar-refractivity contribution >= 4 is 162 Å². The second-order valence-corrected chi connectivity index (χ2v) is 29.6. The third kappa shape index (κ3) is 44.6. The van der Waals surface area contributed by atoms with E-state index in [-0.39, 0.29) is 16.7 Å². The van der Waals surface area contributed by atoms with Crippen molar-refractivity contribution in [2.75, 3.05) is 0 Å². The molecule has 124 heavy (non-hydrogen) atoms. The molecule has 1 fully saturated rings. The summed E-state index contributed by atoms with van der Waals surface area (Å²) in [6, 6.07) is 10.7. The maximum atomic E-state index is 11.4. The first-order valence-electron chi connectivity index (χ1n) is 29.3. The number of phosphoric acid groups is 6. The standard InChI is InChI=1S/C10H6O8.C8H6O4.C7H5NO5.C7H5NO4.C6H18O24P6.C6H8O6.C4H6O4.C2H2O4.CH3O5P/c11-7(12)3-1-4(8(13)14)6(10(17)18)2-5(3)9(15)16;9-7(10)5-3-1-2-4-6(5)8(11)12;9-3-1-4(6(10)11)8-5(2-3)7(12)13;9-6(10)4-2-1-3-8-5(4)7(11)12;7-31(8,9)25-1-2(26-32(10,11)12)4(28-34(16,17)18)6(30-36(22,23)24)5(29-35(19,20)21)3(1)27-33(13,14)15;1-2-6(3(7)8,4(9)10)5(11)12;1-2(3(5)6)4(7)8;3-1(4)2(5)6;2-1(3)7(4,5)6/h1-2H,(H,11,12)(H,13,14)(H,15,16)(H,17,18);1-4H,(H,9,10)(H,11,12);1-2H,(H,8,9)(H,10,11)(H,12,13);1-3H,(H,9,10)(H,11,12);1-6H,(H2,7,8,9)(H2,10,11,12)(H2,13,14,15)(H2,16,17,18)(H2,19,20,21)(H2,22,23,24);2H2,1H3,(H,7,8)(H,9,10)(H,11,12);2H,1H3,(H,5,6)(H,7,8);(H,3,4)(H,5,6);(H,2,3)(H2,4,5,6)/t;;;;1-,2-,3-,4+,5-,6-;;;;. The summed E-state index contributed by atoms with van der Waals surface area (Å²) in [5.74, 6) is -27.6. The van der Waals surface area contributed by atoms with Crippen molar-refractivity contribution < 1.29 is 306 Å². The van der Waals surface area contributed by atoms with Gasteiger partial charge in [-0.25, -0.2) is 99.3 Å². The van der Waals surface area contributed by atoms with Gasteiger partial charge in [-0.1, -0.05) is 19.1 Å². The summed E-state index contributed by atoms with van der Waals surface area (Å²) in [7, 11) is -40.9. The van der Waals surface area contributed by atoms with Gasteiger partial charge >= 0.3 is 162 Å². The molecule has 0 atom stereocenters. The van der Waals surface area contributed by atoms with Crippen molar-refractivity contribution in [1.29, 1.82) is 0 Å². The van der Waals surface area contributed by atoms with Crippen LogP contribution in [-0.4, -0.2) is 314 Å². The molecule has 2 aromatic carbocycles. The number of aromatic carboxylic acids is 10. The molecule has 0 amide bonds. The van der Waals surface area contributed by atoms with E-state index in [0.29, 0.717) is 12.1 Å². The molecule has 0 saturated heterocycles. The fraction of sp³-hybridized carbons (Fsp3) is 0.216. The van der Waals surface area contributed by atoms with Crippen LogP contribution in [0.5, 0.6) is 0 Å². The number of aromatic amines is 1. The number of hydrogen-bond acceptors (Lipinski definition) is 33. The lowest BCUT2D eigenvalue weighted by molar-refractivity contribution is -0.202. The molecule has 1 aliphatic carbocycles. The molecule has 0 spiro atoms. The van der Waals surface area contributed by atoms with Gasteiger partial charge in [0.05, 0.1) is 38.9 Å². The predicted molar refractivity (Wildman–Crippen MR) is 371 cm³/mol. The number of hydrogen-bond donors (Lipinski definition) is 33. The van der Waals surface area contributed by atoms with Gasteiger partial charge < -0.3 is 165 Å². The summed E-state index contributed by atoms with van der Waals surface area (Å²) in [6.07, 6.45) is -18.1. The molecule has 0 unspecified atom stereocenters. The van der Waals surface area contributed by atoms with Gasteiger partial charge in [-0.2, -0.15) is 0 Å². The summed E-state index contributed by atoms with van der Waals surface area (Å²) >= 11 is 0. The molecule has 2 heterocycles. The van der Waals surface area contributed by atoms with Gasteiger partial charge in [-0.3, -0.25) is 55.9 Å². The number of H-pyrrole nitrogens is 1. The van der Waals surface area contributed by atoms with Crippen molar-refractivity contribution in [3.05, 3.63) is 133 Å². The zero-order valence-corrected chi connectivity index (χ0v) is 65.8. The number of nitrogens with zero attached hydrogens (tertiary/aromatic N) is 1. The van der Waals surface area contributed by atoms with Gasteiger partial charge in [0, 0.05) is 18.3 Å². The number of carbonyl (C=O) groups is 18. The second kappa shape index (κ2) is 49.8. The fourth-order valence-electron chi connectivity index (χ4n) is 7.31. The zero-order chi connectivity index (χ0) is 98.9. The summed E-state index contributed by atoms with van der Waals surface area (Å²) in [4.78, 5) is 325. The van der Waals surface area contributed by atoms with Gasteiger partial charge in [0.15, 0.2) is 17.0 Å². The van der Waals surface area contributed by atoms with E-state index >= 15 is 0 Å². The van der Waals surface area contributed by atoms with Crippen molar-refractivity contribution in [1.82, 2.24) is 9.97 Å². The summed E-state index contributed by atoms with van der Waals surface area (Å²) < 4.78 is 103. The van der Waals surface area contributed by atoms with Crippen molar-refractivity contribution in [2.45, 2.75) is 56.9 Å². The van der Waals surface area contributed by atoms with E-state index in [2.05, 4.69) is 37.1 Å². The number of phosphoric ester groups is 6. The number of carboxylic acid groups (broad SMARTS) is 18. The number of aliphatic carboxylic acids is 7. The second-order valence-electron chi connectivity index (χ2n) is 21.0. The summed E-state index contributed by atoms with van der Waals surface area (Å²) in [5, 5.41) is 149. The Labute approximate surface area is 677 Å². The normalized spacial score (nSPS) is 15.4. The maximum absolute atomic E-state index is 11.4. The Bertz CT molecular complexity index is 4540. The largest absolute Gasteiger partial charge is 0.481 e. The first kappa shape index (κ1) is 118. The van der Waals surface area contributed by atoms with E-state index in [1.807, 2.05) is 0 Å². The molecule has 1 aliphatic rings. The van der Waals surface area contributed by atoms with E-state index < -0.39 is 261 Å². The van der Waals surface area contributed by atoms with Crippen LogP contribution in [0, 0.1) is 11.3 Å². The SMILES string of the molecule is CC(C(=O)O)C(=O)O.CCC(C(=O)O)(C(=O)O)C(=O)O.O=C(O)C(=O)O.O=C(O)P(=O)(O)O.O=C(O)c1cc(=O)cc(C(=O)O)[nH]1.O=C(O)c1cc(C(=O)O)c(C(=O)O)cc1C(=O)O.O=C(O)c1ccccc1C(=O)O.O=C(O)c1cccnc1C(=O)O.O=P(O)(O)O[C@H]1[C@H](OP(=O)(O)O)[C@@H](OP(=O)(O)O)[C@H](OP(=O)(O)O)[C@@H](OP(=O)(O)O)[C@H]1OP(=O)(O)O. The highest BCUT2D eigenvalue weighted by molar-refractivity contribution is 7.69. The maximum Gasteiger partial charge on any atom is 0.470 e. The number of nitrogens with one attached hydrogen (secondary N) is 1. The molecule has 66 nitrogen and oxygen atoms in total. The van der Waals surface area contributed by atoms with E-state index in [0.717, 1.165) is 19.1 Å². The molecule has 5 rings (SSSR count). The van der Waals surface area contributed by atoms with Gasteiger partial charge in [0.2, 0.25) is 0 Å². The lowest BCUT2D eigenvalue weighted by Crippen LogP contribution is -2.66. The smallest absolute Gasteiger partial charge is 0.470 e. The average molecular weight is 1940 g/mol. The Morgan fingerprint density at radius 2 is 0.565 bits per heavy atom. The van der Waals surface area contributed by atoms with E-state index in [9.17, 15) is 113 Å². The van der Waals surface area contributed by atoms with Crippen molar-refractivity contribution in [3.8, 4) is 0 Å². The number of aromatic nitrogens is 2. The van der Waals surface area contributed by atoms with E-state index in [1.54, 1.807) is 0 Å². The van der Waals surface area contributed by atoms with Crippen molar-refractivity contribution in [3.63, 3.8) is 0 Å². The van der Waals surface area contributed by atoms with Crippen molar-refractivity contribution in [2.24, 2.45) is 11.3 Å². The van der Waals surface area contributed by atoms with Gasteiger partial charge in [0.1, 0.15) is 48.0 Å². The van der Waals surface area contributed by atoms with Crippen LogP contribution in [0.2, 0.25) is 0 Å². The summed E-state index contributed by atoms with van der Waals surface area (Å²) in [5.41, 5.74) is -10.6. The molecule has 33 N–H and O–H groups in total. The van der Waals surface area contributed by atoms with Gasteiger partial charge in [-0.15, -0.1) is 0 Å². The zero-order valence-electron chi connectivity index (χ0n) is 59.6. The lowest BCUT2D eigenvalue weighted by atomic mass is 9.85. The van der Waals surface area contributed by atoms with Crippen LogP contribution in [0.4, 0.5) is 4.79 Å². The first-order valence-corrected chi connectivity index (χ1v) is 40.0. The highest BCUT2D eigenvalue weighted by atomic mass is 31.2. The van der Waals surface area contributed by atoms with Gasteiger partial charge in [0.25, 0.3) is 5.41 Å². The van der Waals surface area contributed by atoms with Crippen LogP contribution in [0.25, 0.3) is 0 Å². The topological polar surface area (TPSA) is 1180 Å². The Kier molecular flexibility index (Phi) is 47.4. The first-order chi connectivity index (χ1) is 55.6. The Morgan fingerprint density at radius 3 is 0.694 bits per heavy atom. The Morgan fingerprint density at radius 1 is 0.347 bits per heavy atom. The third-order valence-electron chi connectivity index (χ3n) is 12.3. The predicted octanol–water partition coefficient (Wildman–Crippen LogP) is -2.89. The van der Waals surface area contributed by atoms with Crippen LogP contribution in [0.15, 0.2) is 71.7 Å². The molecular formula is C51H59N2O64P7. The number of rotatable bonds is 29. The highest BCUT2D eigenvalue weighted by Gasteiger charge is 2.63. The molecular weight excluding hydrogens is 1880 g/mol. The van der Waals surface area contributed by atoms with Gasteiger partial charge in [-0.05, 0) is 49.7 Å². The third-order valence-corrected chi connectivity index (χ3v) is 15.9. The van der Waals surface area contributed by atoms with Crippen LogP contribution in [0.1, 0.15) is 124 Å². The average Bonchev–Trinajstić information content (AvgIpc) is 0.742. The fourth-order valence-corrected chi connectivity index (χ4v) is 10.7. The lowest BCUT2D eigenvalue weighted by Gasteiger charge is -2.48. The Balaban J connectivity index is -0.000000698. The number of carboxylic acids is 17. The van der Waals surface area contributed by atoms with Crippen LogP contribution >= 0.6 is 54.5 Å². The van der Waals surface area contributed by atoms with E-state index in [4.69, 9.17) is 170 Å². The molecule has 2 aromatic heterocycles. The molecule has 0 radical (unpaired) electrons. The van der Waals surface area contributed by atoms with Crippen LogP contribution in [0.3, 0.4) is 0 Å². The molecule has 73 heteroatoms. The van der Waals surface area contributed by atoms with Crippen LogP contribution in [-0.2, 0) is 92.7 Å². The highest BCUT2D eigenvalue weighted by Crippen LogP contribution is 2.57. The van der Waals surface area contributed by atoms with Crippen LogP contribution < -0.4 is 5.43 Å². The molecule has 0 aliphatic heterocycles. The minimum absolute atomic E-state index is 0.190. The molecule has 1 saturated carbocycles. The van der Waals surface area contributed by atoms with E-state index in [1.165, 1.54) is 49.5 Å². The molecule has 4 aromatic rings. The number of pyridine rings is 2. The number of benzene rings is 2. The summed E-state index contributed by atoms with van der Waals surface area (Å²) in [6.45, 7) is 2.31. The Hall–Kier alpha value is -12.2. The molecule has 0 bridgehead atoms. The quantitative estimate of drug-likeness (QED) is 0.0147. The minimum Gasteiger partial charge on any atom is -0.481 e. The monoisotopic (exact) mass is 1940 g/mol. The minimum atomic E-state index is -6.02.